The van der Waals surface area contributed by atoms with Crippen molar-refractivity contribution in [2.24, 2.45) is 0 Å². The number of furan rings is 1. The monoisotopic (exact) mass is 774 g/mol. The van der Waals surface area contributed by atoms with Crippen LogP contribution >= 0.6 is 0 Å². The molecule has 13 aromatic rings. The number of aromatic nitrogens is 2. The van der Waals surface area contributed by atoms with Crippen LogP contribution in [0.1, 0.15) is 0 Å². The largest absolute Gasteiger partial charge is 0.456 e. The van der Waals surface area contributed by atoms with Gasteiger partial charge in [0.2, 0.25) is 0 Å². The third-order valence-electron chi connectivity index (χ3n) is 12.7. The normalized spacial score (nSPS) is 11.9. The summed E-state index contributed by atoms with van der Waals surface area (Å²) < 4.78 is 6.74. The van der Waals surface area contributed by atoms with Crippen LogP contribution in [0, 0.1) is 0 Å². The summed E-state index contributed by atoms with van der Waals surface area (Å²) in [7, 11) is 0. The van der Waals surface area contributed by atoms with E-state index in [1.165, 1.54) is 65.3 Å². The zero-order valence-electron chi connectivity index (χ0n) is 32.9. The van der Waals surface area contributed by atoms with Gasteiger partial charge in [-0.1, -0.05) is 152 Å². The van der Waals surface area contributed by atoms with Crippen LogP contribution in [0.2, 0.25) is 0 Å². The maximum absolute atomic E-state index is 6.74. The molecule has 0 saturated heterocycles. The molecule has 3 aromatic heterocycles. The van der Waals surface area contributed by atoms with E-state index in [-0.39, 0.29) is 0 Å². The fraction of sp³-hybridized carbons (Fsp3) is 0. The molecule has 0 bridgehead atoms. The molecule has 0 aliphatic carbocycles. The highest BCUT2D eigenvalue weighted by Gasteiger charge is 2.22. The molecule has 13 rings (SSSR count). The Labute approximate surface area is 350 Å². The molecule has 0 N–H and O–H groups in total. The molecular formula is C58H34N2O. The average Bonchev–Trinajstić information content (AvgIpc) is 3.70. The van der Waals surface area contributed by atoms with Gasteiger partial charge in [0, 0.05) is 33.9 Å². The highest BCUT2D eigenvalue weighted by molar-refractivity contribution is 6.27. The third-order valence-corrected chi connectivity index (χ3v) is 12.7. The smallest absolute Gasteiger partial charge is 0.136 e. The number of fused-ring (bicyclic) bond motifs is 9. The van der Waals surface area contributed by atoms with Crippen molar-refractivity contribution in [3.63, 3.8) is 0 Å². The van der Waals surface area contributed by atoms with Crippen molar-refractivity contribution in [2.75, 3.05) is 0 Å². The lowest BCUT2D eigenvalue weighted by Crippen LogP contribution is -1.92. The molecular weight excluding hydrogens is 741 g/mol. The van der Waals surface area contributed by atoms with Gasteiger partial charge in [0.25, 0.3) is 0 Å². The van der Waals surface area contributed by atoms with Crippen LogP contribution in [0.15, 0.2) is 211 Å². The van der Waals surface area contributed by atoms with Gasteiger partial charge >= 0.3 is 0 Å². The van der Waals surface area contributed by atoms with Gasteiger partial charge < -0.3 is 4.42 Å². The minimum absolute atomic E-state index is 0.869. The zero-order chi connectivity index (χ0) is 40.0. The Balaban J connectivity index is 1.08. The van der Waals surface area contributed by atoms with Crippen molar-refractivity contribution in [3.05, 3.63) is 207 Å². The summed E-state index contributed by atoms with van der Waals surface area (Å²) in [6.45, 7) is 0. The first-order valence-corrected chi connectivity index (χ1v) is 20.8. The van der Waals surface area contributed by atoms with Gasteiger partial charge in [-0.05, 0) is 130 Å². The highest BCUT2D eigenvalue weighted by Crippen LogP contribution is 2.49. The van der Waals surface area contributed by atoms with Crippen LogP contribution < -0.4 is 0 Å². The van der Waals surface area contributed by atoms with E-state index >= 15 is 0 Å². The molecule has 0 atom stereocenters. The van der Waals surface area contributed by atoms with Gasteiger partial charge in [0.1, 0.15) is 11.2 Å². The van der Waals surface area contributed by atoms with Crippen molar-refractivity contribution >= 4 is 86.8 Å². The topological polar surface area (TPSA) is 38.9 Å². The lowest BCUT2D eigenvalue weighted by atomic mass is 9.84. The first-order valence-electron chi connectivity index (χ1n) is 20.8. The summed E-state index contributed by atoms with van der Waals surface area (Å²) in [5.41, 5.74) is 13.2. The molecule has 3 heteroatoms. The van der Waals surface area contributed by atoms with Gasteiger partial charge in [-0.15, -0.1) is 0 Å². The fourth-order valence-corrected chi connectivity index (χ4v) is 10.1. The van der Waals surface area contributed by atoms with Crippen molar-refractivity contribution in [3.8, 4) is 44.5 Å². The van der Waals surface area contributed by atoms with Crippen LogP contribution in [-0.4, -0.2) is 9.97 Å². The quantitative estimate of drug-likeness (QED) is 0.167. The van der Waals surface area contributed by atoms with Gasteiger partial charge in [0.05, 0.1) is 11.0 Å². The molecule has 0 unspecified atom stereocenters. The zero-order valence-corrected chi connectivity index (χ0v) is 32.9. The molecule has 61 heavy (non-hydrogen) atoms. The number of nitrogens with zero attached hydrogens (tertiary/aromatic N) is 2. The standard InChI is InChI=1S/C58H34N2O/c1-3-16-42-40(14-1)54(41-15-2-4-17-43(41)55(42)38-26-24-35-12-10-30-59-50(35)33-38)37-28-29-52-49(32-37)58-48(22-9-23-53(58)61-52)57-46-20-7-5-18-44(46)56(45-19-6-8-21-47(45)57)39-27-25-36-13-11-31-60-51(36)34-39/h1-34H. The van der Waals surface area contributed by atoms with Crippen molar-refractivity contribution in [1.82, 2.24) is 9.97 Å². The van der Waals surface area contributed by atoms with Crippen molar-refractivity contribution < 1.29 is 4.42 Å². The van der Waals surface area contributed by atoms with E-state index in [4.69, 9.17) is 14.4 Å². The summed E-state index contributed by atoms with van der Waals surface area (Å²) in [5.74, 6) is 0. The Morgan fingerprint density at radius 1 is 0.295 bits per heavy atom. The molecule has 10 aromatic carbocycles. The van der Waals surface area contributed by atoms with Gasteiger partial charge in [0.15, 0.2) is 0 Å². The van der Waals surface area contributed by atoms with E-state index in [1.807, 2.05) is 24.5 Å². The van der Waals surface area contributed by atoms with E-state index in [0.29, 0.717) is 0 Å². The van der Waals surface area contributed by atoms with Gasteiger partial charge in [-0.3, -0.25) is 9.97 Å². The number of hydrogen-bond acceptors (Lipinski definition) is 3. The summed E-state index contributed by atoms with van der Waals surface area (Å²) in [6.07, 6.45) is 3.74. The lowest BCUT2D eigenvalue weighted by Gasteiger charge is -2.19. The second kappa shape index (κ2) is 13.2. The molecule has 0 amide bonds. The molecule has 0 fully saturated rings. The Bertz CT molecular complexity index is 3840. The molecule has 282 valence electrons. The molecule has 0 aliphatic heterocycles. The van der Waals surface area contributed by atoms with E-state index < -0.39 is 0 Å². The summed E-state index contributed by atoms with van der Waals surface area (Å²) >= 11 is 0. The molecule has 0 radical (unpaired) electrons. The Morgan fingerprint density at radius 2 is 0.721 bits per heavy atom. The number of pyridine rings is 2. The van der Waals surface area contributed by atoms with E-state index in [1.54, 1.807) is 0 Å². The third kappa shape index (κ3) is 5.11. The SMILES string of the molecule is c1cnc2cc(-c3c4ccccc4c(-c4ccc5oc6cccc(-c7c8ccccc8c(-c8ccc9cccnc9c8)c8ccccc78)c6c5c4)c4ccccc34)ccc2c1. The van der Waals surface area contributed by atoms with Crippen molar-refractivity contribution in [1.29, 1.82) is 0 Å². The van der Waals surface area contributed by atoms with E-state index in [2.05, 4.69) is 182 Å². The second-order valence-corrected chi connectivity index (χ2v) is 16.0. The van der Waals surface area contributed by atoms with Crippen molar-refractivity contribution in [2.45, 2.75) is 0 Å². The predicted octanol–water partition coefficient (Wildman–Crippen LogP) is 16.0. The van der Waals surface area contributed by atoms with E-state index in [9.17, 15) is 0 Å². The Kier molecular flexibility index (Phi) is 7.31. The molecule has 0 aliphatic rings. The van der Waals surface area contributed by atoms with Gasteiger partial charge in [-0.2, -0.15) is 0 Å². The Hall–Kier alpha value is -8.14. The number of hydrogen-bond donors (Lipinski definition) is 0. The maximum atomic E-state index is 6.74. The Morgan fingerprint density at radius 3 is 1.20 bits per heavy atom. The highest BCUT2D eigenvalue weighted by atomic mass is 16.3. The minimum atomic E-state index is 0.869. The van der Waals surface area contributed by atoms with E-state index in [0.717, 1.165) is 66.0 Å². The molecule has 0 spiro atoms. The minimum Gasteiger partial charge on any atom is -0.456 e. The number of benzene rings is 10. The van der Waals surface area contributed by atoms with Crippen LogP contribution in [0.3, 0.4) is 0 Å². The van der Waals surface area contributed by atoms with Crippen LogP contribution in [-0.2, 0) is 0 Å². The van der Waals surface area contributed by atoms with Crippen LogP contribution in [0.25, 0.3) is 131 Å². The summed E-state index contributed by atoms with van der Waals surface area (Å²) in [4.78, 5) is 9.45. The van der Waals surface area contributed by atoms with Crippen LogP contribution in [0.4, 0.5) is 0 Å². The summed E-state index contributed by atoms with van der Waals surface area (Å²) in [6, 6.07) is 70.2. The van der Waals surface area contributed by atoms with Gasteiger partial charge in [-0.25, -0.2) is 0 Å². The first kappa shape index (κ1) is 33.8. The maximum Gasteiger partial charge on any atom is 0.136 e. The molecule has 3 nitrogen and oxygen atoms in total. The first-order chi connectivity index (χ1) is 30.3. The average molecular weight is 775 g/mol. The van der Waals surface area contributed by atoms with Crippen LogP contribution in [0.5, 0.6) is 0 Å². The molecule has 3 heterocycles. The molecule has 0 saturated carbocycles. The fourth-order valence-electron chi connectivity index (χ4n) is 10.1. The predicted molar refractivity (Wildman–Crippen MR) is 256 cm³/mol. The summed E-state index contributed by atoms with van der Waals surface area (Å²) in [5, 5.41) is 14.1. The lowest BCUT2D eigenvalue weighted by molar-refractivity contribution is 0.669. The number of rotatable bonds is 4. The second-order valence-electron chi connectivity index (χ2n) is 16.0.